The molecule has 0 fully saturated rings. The molecule has 6 heteroatoms. The summed E-state index contributed by atoms with van der Waals surface area (Å²) in [7, 11) is 13.3. The molecule has 0 unspecified atom stereocenters. The third-order valence-electron chi connectivity index (χ3n) is 9.56. The molecule has 2 heterocycles. The van der Waals surface area contributed by atoms with Crippen molar-refractivity contribution < 1.29 is 23.4 Å². The van der Waals surface area contributed by atoms with Gasteiger partial charge in [-0.05, 0) is 31.6 Å². The predicted molar refractivity (Wildman–Crippen MR) is 179 cm³/mol. The summed E-state index contributed by atoms with van der Waals surface area (Å²) in [5.74, 6) is -0.294. The summed E-state index contributed by atoms with van der Waals surface area (Å²) in [5.41, 5.74) is 6.84. The number of para-hydroxylation sites is 2. The standard InChI is InChI=1S/C38H52N4O2/c1-37(2)29-17-11-13-19-31(29)39(21-15-23-41(5,6)7)33(37)25-27-35(43)28(36(27)44)26-34-38(3,4)30-18-12-14-20-32(30)40(34)22-16-24-42(8,9)10/h11-14,17-20,25-26H,15-16,21-24H2,1-10H3/q+2. The fourth-order valence-corrected chi connectivity index (χ4v) is 7.06. The van der Waals surface area contributed by atoms with Crippen molar-refractivity contribution in [3.63, 3.8) is 0 Å². The summed E-state index contributed by atoms with van der Waals surface area (Å²) < 4.78 is 4.12. The third kappa shape index (κ3) is 5.82. The molecule has 2 aromatic carbocycles. The van der Waals surface area contributed by atoms with Crippen molar-refractivity contribution in [2.75, 3.05) is 73.4 Å². The average molecular weight is 597 g/mol. The van der Waals surface area contributed by atoms with E-state index in [1.807, 2.05) is 12.2 Å². The van der Waals surface area contributed by atoms with Crippen LogP contribution in [0, 0.1) is 0 Å². The van der Waals surface area contributed by atoms with E-state index in [9.17, 15) is 9.90 Å². The van der Waals surface area contributed by atoms with Gasteiger partial charge in [0.15, 0.2) is 18.0 Å². The maximum atomic E-state index is 13.8. The number of nitrogens with zero attached hydrogens (tertiary/aromatic N) is 4. The van der Waals surface area contributed by atoms with Crippen LogP contribution in [0.1, 0.15) is 51.7 Å². The first kappa shape index (κ1) is 31.9. The number of Topliss-reactive ketones (excluding diaryl/α,β-unsaturated/α-hetero) is 1. The normalized spacial score (nSPS) is 21.0. The number of quaternary nitrogens is 2. The van der Waals surface area contributed by atoms with Crippen molar-refractivity contribution in [2.24, 2.45) is 0 Å². The van der Waals surface area contributed by atoms with Crippen molar-refractivity contribution in [3.8, 4) is 0 Å². The van der Waals surface area contributed by atoms with Crippen LogP contribution in [0.2, 0.25) is 0 Å². The molecule has 0 N–H and O–H groups in total. The number of hydrogen-bond donors (Lipinski definition) is 0. The molecule has 1 aliphatic carbocycles. The Bertz CT molecular complexity index is 1610. The van der Waals surface area contributed by atoms with Crippen LogP contribution in [0.15, 0.2) is 83.3 Å². The van der Waals surface area contributed by atoms with E-state index in [-0.39, 0.29) is 22.4 Å². The van der Waals surface area contributed by atoms with Gasteiger partial charge in [0.25, 0.3) is 0 Å². The Kier molecular flexibility index (Phi) is 8.09. The van der Waals surface area contributed by atoms with Crippen LogP contribution in [0.5, 0.6) is 0 Å². The molecule has 44 heavy (non-hydrogen) atoms. The second-order valence-electron chi connectivity index (χ2n) is 15.9. The van der Waals surface area contributed by atoms with E-state index in [0.717, 1.165) is 59.4 Å². The van der Waals surface area contributed by atoms with Crippen molar-refractivity contribution in [1.29, 1.82) is 0 Å². The summed E-state index contributed by atoms with van der Waals surface area (Å²) >= 11 is 0. The first-order chi connectivity index (χ1) is 20.4. The molecule has 0 bridgehead atoms. The second-order valence-corrected chi connectivity index (χ2v) is 15.9. The number of fused-ring (bicyclic) bond motifs is 2. The van der Waals surface area contributed by atoms with E-state index in [4.69, 9.17) is 0 Å². The minimum Gasteiger partial charge on any atom is -0.871 e. The summed E-state index contributed by atoms with van der Waals surface area (Å²) in [6.45, 7) is 12.6. The highest BCUT2D eigenvalue weighted by molar-refractivity contribution is 6.24. The van der Waals surface area contributed by atoms with Crippen LogP contribution in [-0.4, -0.2) is 93.5 Å². The van der Waals surface area contributed by atoms with E-state index in [0.29, 0.717) is 11.1 Å². The Hall–Kier alpha value is -3.48. The second kappa shape index (κ2) is 11.1. The molecule has 0 saturated heterocycles. The van der Waals surface area contributed by atoms with Crippen molar-refractivity contribution in [2.45, 2.75) is 51.4 Å². The molecule has 234 valence electrons. The molecule has 0 saturated carbocycles. The first-order valence-electron chi connectivity index (χ1n) is 16.1. The van der Waals surface area contributed by atoms with E-state index < -0.39 is 0 Å². The van der Waals surface area contributed by atoms with Crippen LogP contribution in [-0.2, 0) is 15.6 Å². The number of ketones is 1. The Morgan fingerprint density at radius 2 is 1.39 bits per heavy atom. The lowest BCUT2D eigenvalue weighted by molar-refractivity contribution is -0.871. The molecule has 0 radical (unpaired) electrons. The lowest BCUT2D eigenvalue weighted by Gasteiger charge is -2.33. The molecule has 0 atom stereocenters. The number of allylic oxidation sites excluding steroid dienone is 5. The van der Waals surface area contributed by atoms with Gasteiger partial charge in [-0.25, -0.2) is 0 Å². The number of carbonyl (C=O) groups is 1. The van der Waals surface area contributed by atoms with E-state index >= 15 is 0 Å². The molecule has 0 spiro atoms. The number of benzene rings is 2. The maximum absolute atomic E-state index is 13.8. The van der Waals surface area contributed by atoms with Gasteiger partial charge in [0.2, 0.25) is 5.69 Å². The number of hydrogen-bond acceptors (Lipinski definition) is 3. The van der Waals surface area contributed by atoms with Gasteiger partial charge in [-0.3, -0.25) is 4.79 Å². The summed E-state index contributed by atoms with van der Waals surface area (Å²) in [6.07, 6.45) is 5.80. The molecular weight excluding hydrogens is 544 g/mol. The monoisotopic (exact) mass is 596 g/mol. The lowest BCUT2D eigenvalue weighted by atomic mass is 9.77. The van der Waals surface area contributed by atoms with Crippen molar-refractivity contribution in [1.82, 2.24) is 0 Å². The lowest BCUT2D eigenvalue weighted by Crippen LogP contribution is -2.38. The molecule has 2 aliphatic heterocycles. The minimum absolute atomic E-state index is 0.147. The largest absolute Gasteiger partial charge is 0.871 e. The molecule has 6 nitrogen and oxygen atoms in total. The van der Waals surface area contributed by atoms with Gasteiger partial charge in [-0.1, -0.05) is 56.0 Å². The van der Waals surface area contributed by atoms with Gasteiger partial charge < -0.3 is 19.0 Å². The van der Waals surface area contributed by atoms with Crippen LogP contribution in [0.3, 0.4) is 0 Å². The third-order valence-corrected chi connectivity index (χ3v) is 9.56. The smallest absolute Gasteiger partial charge is 0.209 e. The number of anilines is 1. The zero-order valence-electron chi connectivity index (χ0n) is 28.6. The fraction of sp³-hybridized carbons (Fsp3) is 0.474. The number of carbonyl (C=O) groups excluding carboxylic acids is 1. The quantitative estimate of drug-likeness (QED) is 0.219. The Labute approximate surface area is 265 Å². The molecule has 2 aromatic rings. The SMILES string of the molecule is CC1(C)C(C=C2C(=O)C(/C=C3\N(CCC[N+](C)(C)C)c4ccccc4C3(C)C)=C2[O-])=[N+](CCC[N+](C)(C)C)c2ccccc21. The van der Waals surface area contributed by atoms with Gasteiger partial charge in [0, 0.05) is 58.6 Å². The molecular formula is C38H52N4O2+2. The van der Waals surface area contributed by atoms with Crippen LogP contribution in [0.4, 0.5) is 11.4 Å². The Balaban J connectivity index is 1.53. The molecule has 0 aromatic heterocycles. The van der Waals surface area contributed by atoms with Crippen LogP contribution >= 0.6 is 0 Å². The van der Waals surface area contributed by atoms with Gasteiger partial charge in [-0.2, -0.15) is 4.58 Å². The molecule has 3 aliphatic rings. The Morgan fingerprint density at radius 1 is 0.795 bits per heavy atom. The molecule has 0 amide bonds. The van der Waals surface area contributed by atoms with Gasteiger partial charge in [0.05, 0.1) is 67.2 Å². The van der Waals surface area contributed by atoms with E-state index in [2.05, 4.69) is 128 Å². The Morgan fingerprint density at radius 3 is 2.02 bits per heavy atom. The highest BCUT2D eigenvalue weighted by Gasteiger charge is 2.46. The zero-order valence-corrected chi connectivity index (χ0v) is 28.6. The fourth-order valence-electron chi connectivity index (χ4n) is 7.06. The van der Waals surface area contributed by atoms with Crippen molar-refractivity contribution in [3.05, 3.63) is 94.4 Å². The van der Waals surface area contributed by atoms with Gasteiger partial charge in [0.1, 0.15) is 0 Å². The average Bonchev–Trinajstić information content (AvgIpc) is 3.27. The predicted octanol–water partition coefficient (Wildman–Crippen LogP) is 5.06. The topological polar surface area (TPSA) is 46.4 Å². The summed E-state index contributed by atoms with van der Waals surface area (Å²) in [5, 5.41) is 13.8. The highest BCUT2D eigenvalue weighted by atomic mass is 16.3. The number of rotatable bonds is 10. The summed E-state index contributed by atoms with van der Waals surface area (Å²) in [6, 6.07) is 17.0. The first-order valence-corrected chi connectivity index (χ1v) is 16.1. The maximum Gasteiger partial charge on any atom is 0.209 e. The van der Waals surface area contributed by atoms with Crippen LogP contribution in [0.25, 0.3) is 0 Å². The van der Waals surface area contributed by atoms with E-state index in [1.165, 1.54) is 22.5 Å². The zero-order chi connectivity index (χ0) is 32.2. The van der Waals surface area contributed by atoms with Gasteiger partial charge in [-0.15, -0.1) is 0 Å². The molecule has 5 rings (SSSR count). The minimum atomic E-state index is -0.313. The van der Waals surface area contributed by atoms with E-state index in [1.54, 1.807) is 0 Å². The summed E-state index contributed by atoms with van der Waals surface area (Å²) in [4.78, 5) is 16.1. The van der Waals surface area contributed by atoms with Gasteiger partial charge >= 0.3 is 0 Å². The van der Waals surface area contributed by atoms with Crippen LogP contribution < -0.4 is 10.0 Å². The highest BCUT2D eigenvalue weighted by Crippen LogP contribution is 2.49. The van der Waals surface area contributed by atoms with Crippen molar-refractivity contribution >= 4 is 22.9 Å².